The lowest BCUT2D eigenvalue weighted by molar-refractivity contribution is 0.601. The molecule has 0 amide bonds. The highest BCUT2D eigenvalue weighted by Gasteiger charge is 2.17. The number of fused-ring (bicyclic) bond motifs is 1. The fourth-order valence-electron chi connectivity index (χ4n) is 1.79. The zero-order chi connectivity index (χ0) is 14.2. The molecule has 0 saturated carbocycles. The molecule has 1 aromatic heterocycles. The average Bonchev–Trinajstić information content (AvgIpc) is 2.82. The Morgan fingerprint density at radius 3 is 2.50 bits per heavy atom. The van der Waals surface area contributed by atoms with Crippen molar-refractivity contribution in [3.8, 4) is 0 Å². The Hall–Kier alpha value is -2.12. The molecular formula is C13H11N3O2S2. The van der Waals surface area contributed by atoms with E-state index >= 15 is 0 Å². The topological polar surface area (TPSA) is 85.1 Å². The van der Waals surface area contributed by atoms with Gasteiger partial charge in [0.1, 0.15) is 0 Å². The molecule has 2 aromatic carbocycles. The van der Waals surface area contributed by atoms with Gasteiger partial charge in [-0.15, -0.1) is 0 Å². The fourth-order valence-corrected chi connectivity index (χ4v) is 3.61. The second-order valence-electron chi connectivity index (χ2n) is 4.20. The van der Waals surface area contributed by atoms with Crippen LogP contribution in [0.25, 0.3) is 10.1 Å². The summed E-state index contributed by atoms with van der Waals surface area (Å²) in [4.78, 5) is 0.156. The van der Waals surface area contributed by atoms with Crippen LogP contribution in [0.15, 0.2) is 53.4 Å². The summed E-state index contributed by atoms with van der Waals surface area (Å²) in [5.74, 6) is 0.349. The minimum absolute atomic E-state index is 0.156. The van der Waals surface area contributed by atoms with Crippen LogP contribution in [0.5, 0.6) is 0 Å². The van der Waals surface area contributed by atoms with Crippen molar-refractivity contribution in [2.75, 3.05) is 10.5 Å². The van der Waals surface area contributed by atoms with Crippen molar-refractivity contribution in [3.63, 3.8) is 0 Å². The molecule has 0 unspecified atom stereocenters. The Labute approximate surface area is 120 Å². The quantitative estimate of drug-likeness (QED) is 0.729. The van der Waals surface area contributed by atoms with Crippen molar-refractivity contribution in [1.29, 1.82) is 0 Å². The number of sulfonamides is 1. The van der Waals surface area contributed by atoms with E-state index in [1.54, 1.807) is 12.1 Å². The zero-order valence-corrected chi connectivity index (χ0v) is 11.9. The van der Waals surface area contributed by atoms with Crippen LogP contribution in [-0.4, -0.2) is 12.8 Å². The lowest BCUT2D eigenvalue weighted by atomic mass is 10.3. The summed E-state index contributed by atoms with van der Waals surface area (Å²) in [6, 6.07) is 13.5. The second-order valence-corrected chi connectivity index (χ2v) is 6.69. The number of hydrogen-bond donors (Lipinski definition) is 2. The van der Waals surface area contributed by atoms with Crippen molar-refractivity contribution in [2.45, 2.75) is 4.90 Å². The molecule has 3 N–H and O–H groups in total. The Balaban J connectivity index is 1.99. The van der Waals surface area contributed by atoms with Gasteiger partial charge < -0.3 is 5.73 Å². The van der Waals surface area contributed by atoms with Crippen LogP contribution < -0.4 is 10.5 Å². The predicted octanol–water partition coefficient (Wildman–Crippen LogP) is 2.68. The van der Waals surface area contributed by atoms with Crippen LogP contribution in [-0.2, 0) is 10.0 Å². The molecule has 102 valence electrons. The van der Waals surface area contributed by atoms with Crippen LogP contribution in [0.1, 0.15) is 0 Å². The molecule has 0 aliphatic rings. The Kier molecular flexibility index (Phi) is 3.07. The number of nitrogen functional groups attached to an aromatic ring is 1. The highest BCUT2D eigenvalue weighted by Crippen LogP contribution is 2.28. The van der Waals surface area contributed by atoms with Gasteiger partial charge in [-0.1, -0.05) is 12.1 Å². The summed E-state index contributed by atoms with van der Waals surface area (Å²) in [7, 11) is -3.65. The molecule has 0 aliphatic heterocycles. The SMILES string of the molecule is Nc1ccc(S(=O)(=O)Nc2nsc3ccccc23)cc1. The fraction of sp³-hybridized carbons (Fsp3) is 0. The first-order valence-corrected chi connectivity index (χ1v) is 8.05. The molecule has 3 aromatic rings. The first-order valence-electron chi connectivity index (χ1n) is 5.79. The number of aromatic nitrogens is 1. The van der Waals surface area contributed by atoms with Gasteiger partial charge in [0.05, 0.1) is 9.60 Å². The molecule has 0 aliphatic carbocycles. The van der Waals surface area contributed by atoms with Crippen LogP contribution in [0.4, 0.5) is 11.5 Å². The van der Waals surface area contributed by atoms with Gasteiger partial charge in [0, 0.05) is 11.1 Å². The molecule has 20 heavy (non-hydrogen) atoms. The minimum Gasteiger partial charge on any atom is -0.399 e. The van der Waals surface area contributed by atoms with E-state index < -0.39 is 10.0 Å². The van der Waals surface area contributed by atoms with Gasteiger partial charge in [-0.25, -0.2) is 8.42 Å². The molecule has 0 atom stereocenters. The van der Waals surface area contributed by atoms with Gasteiger partial charge in [-0.3, -0.25) is 4.72 Å². The van der Waals surface area contributed by atoms with Gasteiger partial charge in [0.25, 0.3) is 10.0 Å². The zero-order valence-electron chi connectivity index (χ0n) is 10.3. The second kappa shape index (κ2) is 4.77. The van der Waals surface area contributed by atoms with Gasteiger partial charge >= 0.3 is 0 Å². The molecule has 3 rings (SSSR count). The standard InChI is InChI=1S/C13H11N3O2S2/c14-9-5-7-10(8-6-9)20(17,18)16-13-11-3-1-2-4-12(11)19-15-13/h1-8H,14H2,(H,15,16). The number of nitrogens with one attached hydrogen (secondary N) is 1. The Bertz CT molecular complexity index is 855. The number of nitrogens with two attached hydrogens (primary N) is 1. The summed E-state index contributed by atoms with van der Waals surface area (Å²) in [5.41, 5.74) is 6.07. The summed E-state index contributed by atoms with van der Waals surface area (Å²) >= 11 is 1.26. The van der Waals surface area contributed by atoms with Crippen molar-refractivity contribution in [2.24, 2.45) is 0 Å². The number of anilines is 2. The van der Waals surface area contributed by atoms with Crippen LogP contribution in [0.3, 0.4) is 0 Å². The van der Waals surface area contributed by atoms with E-state index in [0.717, 1.165) is 10.1 Å². The lowest BCUT2D eigenvalue weighted by Crippen LogP contribution is -2.13. The van der Waals surface area contributed by atoms with Crippen molar-refractivity contribution in [1.82, 2.24) is 4.37 Å². The van der Waals surface area contributed by atoms with E-state index in [4.69, 9.17) is 5.73 Å². The van der Waals surface area contributed by atoms with Crippen molar-refractivity contribution in [3.05, 3.63) is 48.5 Å². The van der Waals surface area contributed by atoms with E-state index in [-0.39, 0.29) is 4.90 Å². The molecule has 1 heterocycles. The maximum Gasteiger partial charge on any atom is 0.263 e. The largest absolute Gasteiger partial charge is 0.399 e. The van der Waals surface area contributed by atoms with Crippen LogP contribution in [0, 0.1) is 0 Å². The van der Waals surface area contributed by atoms with E-state index in [1.807, 2.05) is 24.3 Å². The third-order valence-corrected chi connectivity index (χ3v) is 4.98. The van der Waals surface area contributed by atoms with E-state index in [1.165, 1.54) is 23.7 Å². The smallest absolute Gasteiger partial charge is 0.263 e. The summed E-state index contributed by atoms with van der Waals surface area (Å²) in [6.45, 7) is 0. The van der Waals surface area contributed by atoms with Gasteiger partial charge in [0.2, 0.25) is 0 Å². The molecule has 5 nitrogen and oxygen atoms in total. The third-order valence-electron chi connectivity index (χ3n) is 2.80. The van der Waals surface area contributed by atoms with E-state index in [9.17, 15) is 8.42 Å². The molecule has 0 fully saturated rings. The van der Waals surface area contributed by atoms with E-state index in [2.05, 4.69) is 9.10 Å². The maximum absolute atomic E-state index is 12.3. The lowest BCUT2D eigenvalue weighted by Gasteiger charge is -2.06. The third kappa shape index (κ3) is 2.33. The van der Waals surface area contributed by atoms with Gasteiger partial charge in [-0.2, -0.15) is 4.37 Å². The summed E-state index contributed by atoms with van der Waals surface area (Å²) < 4.78 is 32.1. The minimum atomic E-state index is -3.65. The van der Waals surface area contributed by atoms with Crippen molar-refractivity contribution >= 4 is 43.1 Å². The number of nitrogens with zero attached hydrogens (tertiary/aromatic N) is 1. The monoisotopic (exact) mass is 305 g/mol. The first kappa shape index (κ1) is 12.9. The molecule has 0 spiro atoms. The van der Waals surface area contributed by atoms with Crippen molar-refractivity contribution < 1.29 is 8.42 Å². The summed E-state index contributed by atoms with van der Waals surface area (Å²) in [6.07, 6.45) is 0. The molecule has 0 bridgehead atoms. The number of benzene rings is 2. The number of rotatable bonds is 3. The Morgan fingerprint density at radius 2 is 1.75 bits per heavy atom. The molecule has 0 radical (unpaired) electrons. The van der Waals surface area contributed by atoms with Gasteiger partial charge in [-0.05, 0) is 47.9 Å². The highest BCUT2D eigenvalue weighted by molar-refractivity contribution is 7.92. The van der Waals surface area contributed by atoms with Crippen LogP contribution in [0.2, 0.25) is 0 Å². The van der Waals surface area contributed by atoms with Crippen LogP contribution >= 0.6 is 11.5 Å². The highest BCUT2D eigenvalue weighted by atomic mass is 32.2. The number of hydrogen-bond acceptors (Lipinski definition) is 5. The normalized spacial score (nSPS) is 11.6. The average molecular weight is 305 g/mol. The molecule has 7 heteroatoms. The molecule has 0 saturated heterocycles. The maximum atomic E-state index is 12.3. The molecular weight excluding hydrogens is 294 g/mol. The van der Waals surface area contributed by atoms with Gasteiger partial charge in [0.15, 0.2) is 5.82 Å². The first-order chi connectivity index (χ1) is 9.56. The predicted molar refractivity (Wildman–Crippen MR) is 81.3 cm³/mol. The van der Waals surface area contributed by atoms with E-state index in [0.29, 0.717) is 11.5 Å². The summed E-state index contributed by atoms with van der Waals surface area (Å²) in [5, 5.41) is 0.788. The Morgan fingerprint density at radius 1 is 1.05 bits per heavy atom.